The Kier molecular flexibility index (Phi) is 3.94. The van der Waals surface area contributed by atoms with E-state index in [1.807, 2.05) is 30.7 Å². The molecule has 0 aromatic carbocycles. The van der Waals surface area contributed by atoms with E-state index in [1.54, 1.807) is 18.7 Å². The Morgan fingerprint density at radius 3 is 2.73 bits per heavy atom. The largest absolute Gasteiger partial charge is 0.477 e. The van der Waals surface area contributed by atoms with E-state index in [0.717, 1.165) is 20.6 Å². The zero-order valence-electron chi connectivity index (χ0n) is 14.8. The van der Waals surface area contributed by atoms with Crippen LogP contribution < -0.4 is 0 Å². The first kappa shape index (κ1) is 17.6. The Labute approximate surface area is 158 Å². The minimum atomic E-state index is -1.11. The van der Waals surface area contributed by atoms with Crippen molar-refractivity contribution >= 4 is 45.4 Å². The summed E-state index contributed by atoms with van der Waals surface area (Å²) in [6.07, 6.45) is 3.07. The molecule has 0 aliphatic carbocycles. The molecule has 138 valence electrons. The van der Waals surface area contributed by atoms with E-state index in [2.05, 4.69) is 4.98 Å². The summed E-state index contributed by atoms with van der Waals surface area (Å²) in [6, 6.07) is -0.302. The van der Waals surface area contributed by atoms with Gasteiger partial charge in [-0.05, 0) is 20.1 Å². The van der Waals surface area contributed by atoms with Crippen LogP contribution in [-0.4, -0.2) is 54.8 Å². The lowest BCUT2D eigenvalue weighted by Crippen LogP contribution is -2.63. The van der Waals surface area contributed by atoms with Gasteiger partial charge in [-0.2, -0.15) is 0 Å². The predicted octanol–water partition coefficient (Wildman–Crippen LogP) is 2.08. The number of hydrogen-bond donors (Lipinski definition) is 2. The second-order valence-corrected chi connectivity index (χ2v) is 8.59. The summed E-state index contributed by atoms with van der Waals surface area (Å²) in [5.41, 5.74) is 0.712. The van der Waals surface area contributed by atoms with E-state index < -0.39 is 18.0 Å². The van der Waals surface area contributed by atoms with E-state index in [9.17, 15) is 19.8 Å². The van der Waals surface area contributed by atoms with Crippen LogP contribution in [0.5, 0.6) is 0 Å². The van der Waals surface area contributed by atoms with Gasteiger partial charge in [-0.25, -0.2) is 9.78 Å². The molecule has 1 saturated heterocycles. The highest BCUT2D eigenvalue weighted by atomic mass is 32.2. The fraction of sp³-hybridized carbons (Fsp3) is 0.471. The first-order valence-corrected chi connectivity index (χ1v) is 10.3. The monoisotopic (exact) mass is 393 g/mol. The van der Waals surface area contributed by atoms with Gasteiger partial charge in [-0.3, -0.25) is 9.20 Å². The number of amides is 1. The van der Waals surface area contributed by atoms with Crippen molar-refractivity contribution < 1.29 is 19.8 Å². The fourth-order valence-corrected chi connectivity index (χ4v) is 6.19. The van der Waals surface area contributed by atoms with Gasteiger partial charge in [0.1, 0.15) is 21.4 Å². The highest BCUT2D eigenvalue weighted by molar-refractivity contribution is 7.98. The maximum atomic E-state index is 12.5. The first-order chi connectivity index (χ1) is 12.3. The van der Waals surface area contributed by atoms with Crippen molar-refractivity contribution in [3.8, 4) is 0 Å². The van der Waals surface area contributed by atoms with Crippen LogP contribution >= 0.6 is 23.1 Å². The SMILES string of the molecule is CSc1nc(C)n2cc(C3=C(C(=O)O)N4C(=O)[C@H]([C@@H](C)O)[C@H]4[C@H]3C)sc12. The third-order valence-corrected chi connectivity index (χ3v) is 7.23. The number of carboxylic acid groups (broad SMARTS) is 1. The third-order valence-electron chi connectivity index (χ3n) is 5.30. The van der Waals surface area contributed by atoms with Gasteiger partial charge in [0.25, 0.3) is 0 Å². The van der Waals surface area contributed by atoms with Crippen LogP contribution in [0.25, 0.3) is 10.4 Å². The van der Waals surface area contributed by atoms with Crippen LogP contribution in [0.3, 0.4) is 0 Å². The van der Waals surface area contributed by atoms with Gasteiger partial charge in [-0.1, -0.05) is 6.92 Å². The number of aliphatic hydroxyl groups excluding tert-OH is 1. The molecule has 1 fully saturated rings. The van der Waals surface area contributed by atoms with Crippen molar-refractivity contribution in [1.82, 2.24) is 14.3 Å². The molecule has 0 unspecified atom stereocenters. The molecule has 4 atom stereocenters. The number of thiazole rings is 1. The molecular formula is C17H19N3O4S2. The zero-order valence-corrected chi connectivity index (χ0v) is 16.4. The van der Waals surface area contributed by atoms with E-state index in [1.165, 1.54) is 16.2 Å². The summed E-state index contributed by atoms with van der Waals surface area (Å²) in [7, 11) is 0. The number of β-lactam (4-membered cyclic amide) rings is 1. The molecule has 4 rings (SSSR count). The molecule has 7 nitrogen and oxygen atoms in total. The average molecular weight is 393 g/mol. The van der Waals surface area contributed by atoms with Crippen LogP contribution in [0.4, 0.5) is 0 Å². The molecule has 4 heterocycles. The maximum Gasteiger partial charge on any atom is 0.352 e. The number of carbonyl (C=O) groups is 2. The van der Waals surface area contributed by atoms with E-state index >= 15 is 0 Å². The Morgan fingerprint density at radius 2 is 2.15 bits per heavy atom. The molecule has 2 aromatic rings. The number of carbonyl (C=O) groups excluding carboxylic acids is 1. The number of fused-ring (bicyclic) bond motifs is 2. The number of carboxylic acids is 1. The number of imidazole rings is 1. The molecule has 1 amide bonds. The van der Waals surface area contributed by atoms with Crippen LogP contribution in [0, 0.1) is 18.8 Å². The Hall–Kier alpha value is -1.84. The highest BCUT2D eigenvalue weighted by Gasteiger charge is 2.60. The predicted molar refractivity (Wildman–Crippen MR) is 99.1 cm³/mol. The van der Waals surface area contributed by atoms with Crippen LogP contribution in [0.2, 0.25) is 0 Å². The minimum absolute atomic E-state index is 0.0465. The van der Waals surface area contributed by atoms with Gasteiger partial charge in [0.2, 0.25) is 5.91 Å². The second kappa shape index (κ2) is 5.83. The Balaban J connectivity index is 1.87. The summed E-state index contributed by atoms with van der Waals surface area (Å²) < 4.78 is 1.97. The van der Waals surface area contributed by atoms with E-state index in [0.29, 0.717) is 5.57 Å². The molecule has 0 bridgehead atoms. The lowest BCUT2D eigenvalue weighted by Gasteiger charge is -2.46. The lowest BCUT2D eigenvalue weighted by molar-refractivity contribution is -0.163. The normalized spacial score (nSPS) is 26.4. The van der Waals surface area contributed by atoms with Crippen LogP contribution in [0.15, 0.2) is 16.9 Å². The minimum Gasteiger partial charge on any atom is -0.477 e. The summed E-state index contributed by atoms with van der Waals surface area (Å²) in [5.74, 6) is -1.28. The summed E-state index contributed by atoms with van der Waals surface area (Å²) >= 11 is 3.04. The number of aliphatic hydroxyl groups is 1. The molecule has 2 aliphatic rings. The van der Waals surface area contributed by atoms with Gasteiger partial charge >= 0.3 is 5.97 Å². The van der Waals surface area contributed by atoms with E-state index in [4.69, 9.17) is 0 Å². The molecule has 0 spiro atoms. The molecule has 2 aromatic heterocycles. The highest BCUT2D eigenvalue weighted by Crippen LogP contribution is 2.51. The van der Waals surface area contributed by atoms with Crippen molar-refractivity contribution in [3.05, 3.63) is 22.6 Å². The van der Waals surface area contributed by atoms with Gasteiger partial charge < -0.3 is 15.1 Å². The number of aryl methyl sites for hydroxylation is 1. The first-order valence-electron chi connectivity index (χ1n) is 8.29. The van der Waals surface area contributed by atoms with E-state index in [-0.39, 0.29) is 23.6 Å². The molecule has 0 radical (unpaired) electrons. The Bertz CT molecular complexity index is 974. The van der Waals surface area contributed by atoms with Crippen molar-refractivity contribution in [2.75, 3.05) is 6.26 Å². The number of hydrogen-bond acceptors (Lipinski definition) is 6. The summed E-state index contributed by atoms with van der Waals surface area (Å²) in [6.45, 7) is 5.43. The van der Waals surface area contributed by atoms with Crippen molar-refractivity contribution in [2.45, 2.75) is 37.9 Å². The van der Waals surface area contributed by atoms with Gasteiger partial charge in [0.05, 0.1) is 22.9 Å². The molecular weight excluding hydrogens is 374 g/mol. The van der Waals surface area contributed by atoms with Gasteiger partial charge in [-0.15, -0.1) is 23.1 Å². The topological polar surface area (TPSA) is 95.1 Å². The average Bonchev–Trinajstić information content (AvgIpc) is 3.17. The number of aliphatic carboxylic acids is 1. The molecule has 9 heteroatoms. The molecule has 2 N–H and O–H groups in total. The zero-order chi connectivity index (χ0) is 18.9. The maximum absolute atomic E-state index is 12.5. The summed E-state index contributed by atoms with van der Waals surface area (Å²) in [5, 5.41) is 20.6. The van der Waals surface area contributed by atoms with Crippen molar-refractivity contribution in [2.24, 2.45) is 11.8 Å². The van der Waals surface area contributed by atoms with Gasteiger partial charge in [0.15, 0.2) is 0 Å². The number of rotatable bonds is 4. The van der Waals surface area contributed by atoms with Crippen LogP contribution in [0.1, 0.15) is 24.5 Å². The number of thioether (sulfide) groups is 1. The smallest absolute Gasteiger partial charge is 0.352 e. The number of nitrogens with zero attached hydrogens (tertiary/aromatic N) is 3. The lowest BCUT2D eigenvalue weighted by atomic mass is 9.77. The van der Waals surface area contributed by atoms with Gasteiger partial charge in [0, 0.05) is 17.7 Å². The van der Waals surface area contributed by atoms with Crippen LogP contribution in [-0.2, 0) is 9.59 Å². The summed E-state index contributed by atoms with van der Waals surface area (Å²) in [4.78, 5) is 32.1. The van der Waals surface area contributed by atoms with Crippen molar-refractivity contribution in [1.29, 1.82) is 0 Å². The number of aromatic nitrogens is 2. The molecule has 26 heavy (non-hydrogen) atoms. The quantitative estimate of drug-likeness (QED) is 0.610. The fourth-order valence-electron chi connectivity index (χ4n) is 4.14. The molecule has 2 aliphatic heterocycles. The third kappa shape index (κ3) is 2.14. The van der Waals surface area contributed by atoms with Crippen molar-refractivity contribution in [3.63, 3.8) is 0 Å². The Morgan fingerprint density at radius 1 is 1.46 bits per heavy atom. The second-order valence-electron chi connectivity index (χ2n) is 6.76. The molecule has 0 saturated carbocycles. The standard InChI is InChI=1S/C17H19N3O4S2/c1-6-10(9-5-19-8(3)18-14(25-4)16(19)26-9)13(17(23)24)20-12(6)11(7(2)21)15(20)22/h5-7,11-12,21H,1-4H3,(H,23,24)/t6-,7+,11+,12+/m0/s1.